The Morgan fingerprint density at radius 1 is 1.30 bits per heavy atom. The standard InChI is InChI=1S/C16H22N4OS.ClH/c1-12(17)10-16(21)20-8-6-19(7-9-20)11-15-18-13-4-2-3-5-14(13)22-15;/h2-5,12H,6-11,17H2,1H3;1H. The Kier molecular flexibility index (Phi) is 6.35. The Morgan fingerprint density at radius 2 is 2.00 bits per heavy atom. The van der Waals surface area contributed by atoms with Crippen LogP contribution in [0.5, 0.6) is 0 Å². The molecule has 1 aromatic heterocycles. The predicted octanol–water partition coefficient (Wildman–Crippen LogP) is 2.10. The lowest BCUT2D eigenvalue weighted by Gasteiger charge is -2.34. The van der Waals surface area contributed by atoms with E-state index in [1.54, 1.807) is 11.3 Å². The summed E-state index contributed by atoms with van der Waals surface area (Å²) in [6, 6.07) is 8.18. The molecule has 7 heteroatoms. The predicted molar refractivity (Wildman–Crippen MR) is 97.0 cm³/mol. The van der Waals surface area contributed by atoms with E-state index in [9.17, 15) is 4.79 Å². The van der Waals surface area contributed by atoms with Crippen molar-refractivity contribution in [2.45, 2.75) is 25.9 Å². The van der Waals surface area contributed by atoms with Crippen molar-refractivity contribution in [1.29, 1.82) is 0 Å². The number of carbonyl (C=O) groups is 1. The van der Waals surface area contributed by atoms with Crippen molar-refractivity contribution in [3.63, 3.8) is 0 Å². The highest BCUT2D eigenvalue weighted by molar-refractivity contribution is 7.18. The van der Waals surface area contributed by atoms with Crippen molar-refractivity contribution in [1.82, 2.24) is 14.8 Å². The number of carbonyl (C=O) groups excluding carboxylic acids is 1. The van der Waals surface area contributed by atoms with Crippen LogP contribution in [0.4, 0.5) is 0 Å². The summed E-state index contributed by atoms with van der Waals surface area (Å²) in [5.74, 6) is 0.176. The van der Waals surface area contributed by atoms with Gasteiger partial charge in [0, 0.05) is 38.6 Å². The van der Waals surface area contributed by atoms with Gasteiger partial charge in [-0.15, -0.1) is 23.7 Å². The number of rotatable bonds is 4. The van der Waals surface area contributed by atoms with Crippen LogP contribution in [0.25, 0.3) is 10.2 Å². The van der Waals surface area contributed by atoms with Gasteiger partial charge in [-0.1, -0.05) is 12.1 Å². The van der Waals surface area contributed by atoms with Gasteiger partial charge in [-0.2, -0.15) is 0 Å². The summed E-state index contributed by atoms with van der Waals surface area (Å²) in [5, 5.41) is 1.15. The van der Waals surface area contributed by atoms with Crippen LogP contribution in [0.15, 0.2) is 24.3 Å². The Labute approximate surface area is 146 Å². The third kappa shape index (κ3) is 4.64. The number of hydrogen-bond donors (Lipinski definition) is 1. The number of amides is 1. The molecule has 1 amide bonds. The molecule has 2 aromatic rings. The number of para-hydroxylation sites is 1. The van der Waals surface area contributed by atoms with E-state index >= 15 is 0 Å². The van der Waals surface area contributed by atoms with Gasteiger partial charge >= 0.3 is 0 Å². The van der Waals surface area contributed by atoms with Crippen LogP contribution in [0.3, 0.4) is 0 Å². The Balaban J connectivity index is 0.00000192. The molecule has 23 heavy (non-hydrogen) atoms. The summed E-state index contributed by atoms with van der Waals surface area (Å²) in [6.45, 7) is 6.13. The van der Waals surface area contributed by atoms with E-state index in [1.807, 2.05) is 24.0 Å². The minimum Gasteiger partial charge on any atom is -0.340 e. The van der Waals surface area contributed by atoms with E-state index in [1.165, 1.54) is 4.70 Å². The molecule has 0 saturated carbocycles. The Morgan fingerprint density at radius 3 is 2.65 bits per heavy atom. The highest BCUT2D eigenvalue weighted by atomic mass is 35.5. The van der Waals surface area contributed by atoms with Crippen LogP contribution in [-0.2, 0) is 11.3 Å². The SMILES string of the molecule is CC(N)CC(=O)N1CCN(Cc2nc3ccccc3s2)CC1.Cl. The zero-order chi connectivity index (χ0) is 15.5. The number of aromatic nitrogens is 1. The van der Waals surface area contributed by atoms with Gasteiger partial charge in [-0.25, -0.2) is 4.98 Å². The summed E-state index contributed by atoms with van der Waals surface area (Å²) >= 11 is 1.76. The van der Waals surface area contributed by atoms with Crippen LogP contribution >= 0.6 is 23.7 Å². The fourth-order valence-electron chi connectivity index (χ4n) is 2.74. The molecule has 1 unspecified atom stereocenters. The third-order valence-corrected chi connectivity index (χ3v) is 4.94. The molecule has 1 aliphatic heterocycles. The molecule has 2 N–H and O–H groups in total. The molecule has 0 radical (unpaired) electrons. The topological polar surface area (TPSA) is 62.5 Å². The lowest BCUT2D eigenvalue weighted by Crippen LogP contribution is -2.49. The average molecular weight is 355 g/mol. The second-order valence-electron chi connectivity index (χ2n) is 5.91. The van der Waals surface area contributed by atoms with Gasteiger partial charge in [0.15, 0.2) is 0 Å². The monoisotopic (exact) mass is 354 g/mol. The molecular weight excluding hydrogens is 332 g/mol. The minimum atomic E-state index is -0.0618. The fraction of sp³-hybridized carbons (Fsp3) is 0.500. The fourth-order valence-corrected chi connectivity index (χ4v) is 3.75. The molecule has 5 nitrogen and oxygen atoms in total. The first kappa shape index (κ1) is 18.1. The molecule has 1 saturated heterocycles. The minimum absolute atomic E-state index is 0. The lowest BCUT2D eigenvalue weighted by molar-refractivity contribution is -0.133. The van der Waals surface area contributed by atoms with Crippen LogP contribution < -0.4 is 5.73 Å². The molecule has 1 aromatic carbocycles. The Hall–Kier alpha value is -1.21. The average Bonchev–Trinajstić information content (AvgIpc) is 2.89. The molecular formula is C16H23ClN4OS. The maximum Gasteiger partial charge on any atom is 0.224 e. The molecule has 3 rings (SSSR count). The van der Waals surface area contributed by atoms with Crippen molar-refractivity contribution in [2.75, 3.05) is 26.2 Å². The van der Waals surface area contributed by atoms with E-state index < -0.39 is 0 Å². The molecule has 126 valence electrons. The quantitative estimate of drug-likeness (QED) is 0.913. The second kappa shape index (κ2) is 8.06. The van der Waals surface area contributed by atoms with Crippen molar-refractivity contribution in [3.05, 3.63) is 29.3 Å². The highest BCUT2D eigenvalue weighted by Crippen LogP contribution is 2.23. The van der Waals surface area contributed by atoms with Crippen molar-refractivity contribution >= 4 is 39.9 Å². The maximum absolute atomic E-state index is 12.0. The van der Waals surface area contributed by atoms with Gasteiger partial charge in [-0.05, 0) is 19.1 Å². The first-order valence-electron chi connectivity index (χ1n) is 7.72. The molecule has 0 aliphatic carbocycles. The van der Waals surface area contributed by atoms with Crippen LogP contribution in [0, 0.1) is 0 Å². The molecule has 0 bridgehead atoms. The first-order chi connectivity index (χ1) is 10.6. The summed E-state index contributed by atoms with van der Waals surface area (Å²) in [5.41, 5.74) is 6.78. The number of fused-ring (bicyclic) bond motifs is 1. The van der Waals surface area contributed by atoms with E-state index in [0.717, 1.165) is 43.2 Å². The van der Waals surface area contributed by atoms with Gasteiger partial charge in [0.2, 0.25) is 5.91 Å². The number of benzene rings is 1. The molecule has 1 aliphatic rings. The summed E-state index contributed by atoms with van der Waals surface area (Å²) < 4.78 is 1.24. The number of nitrogens with zero attached hydrogens (tertiary/aromatic N) is 3. The van der Waals surface area contributed by atoms with Gasteiger partial charge in [0.1, 0.15) is 5.01 Å². The molecule has 1 atom stereocenters. The largest absolute Gasteiger partial charge is 0.340 e. The summed E-state index contributed by atoms with van der Waals surface area (Å²) in [7, 11) is 0. The van der Waals surface area contributed by atoms with E-state index in [-0.39, 0.29) is 24.4 Å². The van der Waals surface area contributed by atoms with E-state index in [2.05, 4.69) is 22.0 Å². The molecule has 1 fully saturated rings. The van der Waals surface area contributed by atoms with Gasteiger partial charge < -0.3 is 10.6 Å². The zero-order valence-electron chi connectivity index (χ0n) is 13.3. The Bertz CT molecular complexity index is 619. The number of nitrogens with two attached hydrogens (primary N) is 1. The van der Waals surface area contributed by atoms with Gasteiger partial charge in [0.05, 0.1) is 16.8 Å². The molecule has 0 spiro atoms. The van der Waals surface area contributed by atoms with Gasteiger partial charge in [0.25, 0.3) is 0 Å². The lowest BCUT2D eigenvalue weighted by atomic mass is 10.2. The second-order valence-corrected chi connectivity index (χ2v) is 7.03. The highest BCUT2D eigenvalue weighted by Gasteiger charge is 2.22. The van der Waals surface area contributed by atoms with Crippen molar-refractivity contribution in [3.8, 4) is 0 Å². The zero-order valence-corrected chi connectivity index (χ0v) is 14.9. The smallest absolute Gasteiger partial charge is 0.224 e. The number of thiazole rings is 1. The van der Waals surface area contributed by atoms with Crippen molar-refractivity contribution in [2.24, 2.45) is 5.73 Å². The van der Waals surface area contributed by atoms with E-state index in [4.69, 9.17) is 5.73 Å². The van der Waals surface area contributed by atoms with Crippen molar-refractivity contribution < 1.29 is 4.79 Å². The van der Waals surface area contributed by atoms with Gasteiger partial charge in [-0.3, -0.25) is 9.69 Å². The normalized spacial score (nSPS) is 17.0. The van der Waals surface area contributed by atoms with Crippen LogP contribution in [-0.4, -0.2) is 52.9 Å². The summed E-state index contributed by atoms with van der Waals surface area (Å²) in [6.07, 6.45) is 0.442. The third-order valence-electron chi connectivity index (χ3n) is 3.92. The first-order valence-corrected chi connectivity index (χ1v) is 8.53. The number of halogens is 1. The number of piperazine rings is 1. The van der Waals surface area contributed by atoms with Crippen LogP contribution in [0.1, 0.15) is 18.4 Å². The molecule has 2 heterocycles. The summed E-state index contributed by atoms with van der Waals surface area (Å²) in [4.78, 5) is 21.0. The maximum atomic E-state index is 12.0. The van der Waals surface area contributed by atoms with Crippen LogP contribution in [0.2, 0.25) is 0 Å². The number of hydrogen-bond acceptors (Lipinski definition) is 5. The van der Waals surface area contributed by atoms with E-state index in [0.29, 0.717) is 6.42 Å².